The third-order valence-electron chi connectivity index (χ3n) is 4.11. The molecule has 0 spiro atoms. The van der Waals surface area contributed by atoms with Crippen molar-refractivity contribution in [2.45, 2.75) is 26.2 Å². The Hall–Kier alpha value is -1.66. The Morgan fingerprint density at radius 3 is 2.70 bits per heavy atom. The van der Waals surface area contributed by atoms with Gasteiger partial charge < -0.3 is 4.90 Å². The van der Waals surface area contributed by atoms with Gasteiger partial charge >= 0.3 is 0 Å². The van der Waals surface area contributed by atoms with Crippen LogP contribution in [0.2, 0.25) is 0 Å². The van der Waals surface area contributed by atoms with Crippen molar-refractivity contribution in [3.05, 3.63) is 47.4 Å². The minimum Gasteiger partial charge on any atom is -0.338 e. The van der Waals surface area contributed by atoms with E-state index < -0.39 is 10.0 Å². The van der Waals surface area contributed by atoms with Gasteiger partial charge in [-0.2, -0.15) is 0 Å². The summed E-state index contributed by atoms with van der Waals surface area (Å²) in [5.74, 6) is 0.162. The van der Waals surface area contributed by atoms with E-state index in [-0.39, 0.29) is 11.8 Å². The van der Waals surface area contributed by atoms with Gasteiger partial charge in [0.1, 0.15) is 0 Å². The fourth-order valence-corrected chi connectivity index (χ4v) is 3.35. The van der Waals surface area contributed by atoms with Gasteiger partial charge in [-0.25, -0.2) is 13.1 Å². The zero-order valence-corrected chi connectivity index (χ0v) is 14.3. The van der Waals surface area contributed by atoms with Crippen molar-refractivity contribution in [2.24, 2.45) is 5.92 Å². The summed E-state index contributed by atoms with van der Waals surface area (Å²) in [7, 11) is -3.40. The monoisotopic (exact) mass is 336 g/mol. The molecule has 126 valence electrons. The summed E-state index contributed by atoms with van der Waals surface area (Å²) in [5.41, 5.74) is 1.93. The van der Waals surface area contributed by atoms with E-state index in [1.165, 1.54) is 5.56 Å². The first-order chi connectivity index (χ1) is 10.9. The average Bonchev–Trinajstić information content (AvgIpc) is 3.02. The fraction of sp³-hybridized carbons (Fsp3) is 0.471. The molecule has 2 rings (SSSR count). The molecule has 0 radical (unpaired) electrons. The van der Waals surface area contributed by atoms with Crippen LogP contribution in [-0.4, -0.2) is 38.9 Å². The van der Waals surface area contributed by atoms with Crippen LogP contribution in [0.1, 0.15) is 35.7 Å². The Labute approximate surface area is 138 Å². The van der Waals surface area contributed by atoms with Crippen LogP contribution in [0.5, 0.6) is 0 Å². The first-order valence-corrected chi connectivity index (χ1v) is 9.50. The van der Waals surface area contributed by atoms with Crippen LogP contribution in [-0.2, 0) is 16.4 Å². The van der Waals surface area contributed by atoms with E-state index in [4.69, 9.17) is 0 Å². The maximum atomic E-state index is 12.5. The van der Waals surface area contributed by atoms with Gasteiger partial charge in [0, 0.05) is 30.6 Å². The number of nitrogens with zero attached hydrogens (tertiary/aromatic N) is 1. The Morgan fingerprint density at radius 1 is 1.39 bits per heavy atom. The highest BCUT2D eigenvalue weighted by Gasteiger charge is 2.27. The minimum absolute atomic E-state index is 0.0159. The van der Waals surface area contributed by atoms with Crippen molar-refractivity contribution in [1.29, 1.82) is 0 Å². The fourth-order valence-electron chi connectivity index (χ4n) is 2.76. The number of benzene rings is 1. The molecule has 0 aliphatic carbocycles. The lowest BCUT2D eigenvalue weighted by Gasteiger charge is -2.17. The van der Waals surface area contributed by atoms with E-state index in [1.807, 2.05) is 24.3 Å². The number of likely N-dealkylation sites (tertiary alicyclic amines) is 1. The summed E-state index contributed by atoms with van der Waals surface area (Å²) in [6.07, 6.45) is 2.91. The molecule has 0 saturated carbocycles. The second-order valence-electron chi connectivity index (χ2n) is 5.91. The first-order valence-electron chi connectivity index (χ1n) is 7.95. The molecule has 1 N–H and O–H groups in total. The summed E-state index contributed by atoms with van der Waals surface area (Å²) in [6.45, 7) is 6.98. The van der Waals surface area contributed by atoms with E-state index in [2.05, 4.69) is 18.2 Å². The molecule has 6 heteroatoms. The molecule has 1 aromatic carbocycles. The van der Waals surface area contributed by atoms with Crippen LogP contribution in [0, 0.1) is 5.92 Å². The Kier molecular flexibility index (Phi) is 5.96. The number of hydrogen-bond donors (Lipinski definition) is 1. The quantitative estimate of drug-likeness (QED) is 0.830. The number of rotatable bonds is 7. The molecular formula is C17H24N2O3S. The zero-order chi connectivity index (χ0) is 16.9. The Balaban J connectivity index is 1.90. The van der Waals surface area contributed by atoms with E-state index in [1.54, 1.807) is 4.90 Å². The highest BCUT2D eigenvalue weighted by atomic mass is 32.2. The molecule has 1 saturated heterocycles. The Morgan fingerprint density at radius 2 is 2.09 bits per heavy atom. The highest BCUT2D eigenvalue weighted by Crippen LogP contribution is 2.19. The van der Waals surface area contributed by atoms with Gasteiger partial charge in [0.25, 0.3) is 5.91 Å². The van der Waals surface area contributed by atoms with Crippen molar-refractivity contribution in [3.8, 4) is 0 Å². The van der Waals surface area contributed by atoms with Crippen LogP contribution in [0.3, 0.4) is 0 Å². The van der Waals surface area contributed by atoms with Crippen molar-refractivity contribution >= 4 is 15.9 Å². The molecule has 1 unspecified atom stereocenters. The summed E-state index contributed by atoms with van der Waals surface area (Å²) in [4.78, 5) is 14.3. The van der Waals surface area contributed by atoms with Gasteiger partial charge in [-0.3, -0.25) is 4.79 Å². The maximum absolute atomic E-state index is 12.5. The molecule has 1 aromatic rings. The number of hydrogen-bond acceptors (Lipinski definition) is 3. The molecule has 23 heavy (non-hydrogen) atoms. The third-order valence-corrected chi connectivity index (χ3v) is 5.11. The van der Waals surface area contributed by atoms with Crippen molar-refractivity contribution in [2.75, 3.05) is 19.6 Å². The topological polar surface area (TPSA) is 66.5 Å². The second-order valence-corrected chi connectivity index (χ2v) is 7.62. The van der Waals surface area contributed by atoms with E-state index in [0.29, 0.717) is 25.2 Å². The second kappa shape index (κ2) is 7.75. The van der Waals surface area contributed by atoms with Crippen LogP contribution >= 0.6 is 0 Å². The predicted molar refractivity (Wildman–Crippen MR) is 91.6 cm³/mol. The largest absolute Gasteiger partial charge is 0.338 e. The first kappa shape index (κ1) is 17.7. The van der Waals surface area contributed by atoms with Crippen molar-refractivity contribution in [3.63, 3.8) is 0 Å². The van der Waals surface area contributed by atoms with Crippen LogP contribution in [0.4, 0.5) is 0 Å². The van der Waals surface area contributed by atoms with Gasteiger partial charge in [-0.05, 0) is 36.5 Å². The number of nitrogens with one attached hydrogen (secondary N) is 1. The van der Waals surface area contributed by atoms with Gasteiger partial charge in [0.2, 0.25) is 10.0 Å². The summed E-state index contributed by atoms with van der Waals surface area (Å²) in [6, 6.07) is 7.76. The van der Waals surface area contributed by atoms with Crippen LogP contribution in [0.15, 0.2) is 36.3 Å². The van der Waals surface area contributed by atoms with Gasteiger partial charge in [-0.15, -0.1) is 0 Å². The molecule has 0 aromatic heterocycles. The highest BCUT2D eigenvalue weighted by molar-refractivity contribution is 7.92. The number of amides is 1. The normalized spacial score (nSPS) is 18.1. The maximum Gasteiger partial charge on any atom is 0.253 e. The molecule has 1 aliphatic heterocycles. The van der Waals surface area contributed by atoms with Crippen LogP contribution < -0.4 is 4.72 Å². The zero-order valence-electron chi connectivity index (χ0n) is 13.5. The molecule has 1 heterocycles. The van der Waals surface area contributed by atoms with Gasteiger partial charge in [0.05, 0.1) is 0 Å². The molecular weight excluding hydrogens is 312 g/mol. The lowest BCUT2D eigenvalue weighted by Crippen LogP contribution is -2.32. The molecule has 1 amide bonds. The van der Waals surface area contributed by atoms with Crippen molar-refractivity contribution in [1.82, 2.24) is 9.62 Å². The van der Waals surface area contributed by atoms with E-state index >= 15 is 0 Å². The SMILES string of the molecule is C=CS(=O)(=O)NCC1CCN(C(=O)c2ccc(CCC)cc2)C1. The minimum atomic E-state index is -3.40. The van der Waals surface area contributed by atoms with Crippen LogP contribution in [0.25, 0.3) is 0 Å². The van der Waals surface area contributed by atoms with E-state index in [0.717, 1.165) is 24.7 Å². The smallest absolute Gasteiger partial charge is 0.253 e. The number of carbonyl (C=O) groups is 1. The number of carbonyl (C=O) groups excluding carboxylic acids is 1. The molecule has 5 nitrogen and oxygen atoms in total. The summed E-state index contributed by atoms with van der Waals surface area (Å²) in [5, 5.41) is 0.905. The number of sulfonamides is 1. The number of aryl methyl sites for hydroxylation is 1. The lowest BCUT2D eigenvalue weighted by atomic mass is 10.1. The molecule has 1 aliphatic rings. The average molecular weight is 336 g/mol. The lowest BCUT2D eigenvalue weighted by molar-refractivity contribution is 0.0787. The van der Waals surface area contributed by atoms with E-state index in [9.17, 15) is 13.2 Å². The Bertz CT molecular complexity index is 653. The molecule has 0 bridgehead atoms. The summed E-state index contributed by atoms with van der Waals surface area (Å²) >= 11 is 0. The predicted octanol–water partition coefficient (Wildman–Crippen LogP) is 2.16. The third kappa shape index (κ3) is 4.91. The molecule has 1 atom stereocenters. The summed E-state index contributed by atoms with van der Waals surface area (Å²) < 4.78 is 25.2. The van der Waals surface area contributed by atoms with Crippen molar-refractivity contribution < 1.29 is 13.2 Å². The molecule has 1 fully saturated rings. The van der Waals surface area contributed by atoms with Gasteiger partial charge in [0.15, 0.2) is 0 Å². The standard InChI is InChI=1S/C17H24N2O3S/c1-3-5-14-6-8-16(9-7-14)17(20)19-11-10-15(13-19)12-18-23(21,22)4-2/h4,6-9,15,18H,2-3,5,10-13H2,1H3. The van der Waals surface area contributed by atoms with Gasteiger partial charge in [-0.1, -0.05) is 32.1 Å².